The first kappa shape index (κ1) is 13.4. The summed E-state index contributed by atoms with van der Waals surface area (Å²) in [5.74, 6) is -2.49. The van der Waals surface area contributed by atoms with Gasteiger partial charge in [-0.3, -0.25) is 4.79 Å². The summed E-state index contributed by atoms with van der Waals surface area (Å²) in [6.07, 6.45) is -0.317. The van der Waals surface area contributed by atoms with E-state index in [0.29, 0.717) is 13.1 Å². The number of carbonyl (C=O) groups is 1. The molecule has 0 atom stereocenters. The largest absolute Gasteiger partial charge is 0.338 e. The predicted octanol–water partition coefficient (Wildman–Crippen LogP) is 3.30. The van der Waals surface area contributed by atoms with Crippen LogP contribution in [0.15, 0.2) is 16.6 Å². The van der Waals surface area contributed by atoms with Gasteiger partial charge in [0.15, 0.2) is 11.6 Å². The van der Waals surface area contributed by atoms with Gasteiger partial charge in [0, 0.05) is 17.6 Å². The van der Waals surface area contributed by atoms with Crippen LogP contribution in [0.2, 0.25) is 0 Å². The number of hydrogen-bond acceptors (Lipinski definition) is 1. The number of halogens is 4. The van der Waals surface area contributed by atoms with Crippen LogP contribution in [0.1, 0.15) is 23.2 Å². The number of nitrogens with zero attached hydrogens (tertiary/aromatic N) is 1. The quantitative estimate of drug-likeness (QED) is 0.727. The average Bonchev–Trinajstić information content (AvgIpc) is 2.34. The minimum atomic E-state index is -1.07. The monoisotopic (exact) mass is 321 g/mol. The van der Waals surface area contributed by atoms with E-state index in [-0.39, 0.29) is 22.9 Å². The maximum absolute atomic E-state index is 13.1. The smallest absolute Gasteiger partial charge is 0.255 e. The molecule has 2 nitrogen and oxygen atoms in total. The highest BCUT2D eigenvalue weighted by Crippen LogP contribution is 2.24. The maximum atomic E-state index is 13.1. The van der Waals surface area contributed by atoms with E-state index < -0.39 is 23.7 Å². The summed E-state index contributed by atoms with van der Waals surface area (Å²) < 4.78 is 39.2. The van der Waals surface area contributed by atoms with Crippen LogP contribution in [0.25, 0.3) is 0 Å². The van der Waals surface area contributed by atoms with Crippen LogP contribution in [-0.2, 0) is 0 Å². The number of hydrogen-bond donors (Lipinski definition) is 0. The Balaban J connectivity index is 2.21. The van der Waals surface area contributed by atoms with Crippen molar-refractivity contribution in [2.24, 2.45) is 0 Å². The van der Waals surface area contributed by atoms with Gasteiger partial charge in [-0.05, 0) is 40.9 Å². The standard InChI is InChI=1S/C12H11BrF3NO/c13-9-6-11(16)10(15)5-8(9)12(18)17-3-1-7(14)2-4-17/h5-7H,1-4H2. The fourth-order valence-electron chi connectivity index (χ4n) is 1.91. The molecule has 0 unspecified atom stereocenters. The van der Waals surface area contributed by atoms with E-state index >= 15 is 0 Å². The van der Waals surface area contributed by atoms with Gasteiger partial charge >= 0.3 is 0 Å². The lowest BCUT2D eigenvalue weighted by Crippen LogP contribution is -2.39. The fraction of sp³-hybridized carbons (Fsp3) is 0.417. The van der Waals surface area contributed by atoms with Crippen LogP contribution in [0.4, 0.5) is 13.2 Å². The summed E-state index contributed by atoms with van der Waals surface area (Å²) >= 11 is 3.03. The minimum Gasteiger partial charge on any atom is -0.338 e. The summed E-state index contributed by atoms with van der Waals surface area (Å²) in [7, 11) is 0. The zero-order valence-electron chi connectivity index (χ0n) is 9.43. The molecule has 0 spiro atoms. The van der Waals surface area contributed by atoms with Gasteiger partial charge in [-0.1, -0.05) is 0 Å². The topological polar surface area (TPSA) is 20.3 Å². The molecular formula is C12H11BrF3NO. The number of benzene rings is 1. The molecule has 1 saturated heterocycles. The van der Waals surface area contributed by atoms with Crippen molar-refractivity contribution in [2.75, 3.05) is 13.1 Å². The molecule has 0 bridgehead atoms. The van der Waals surface area contributed by atoms with E-state index in [0.717, 1.165) is 12.1 Å². The number of alkyl halides is 1. The molecule has 0 saturated carbocycles. The Labute approximate surface area is 111 Å². The molecule has 1 amide bonds. The Bertz CT molecular complexity index is 473. The number of carbonyl (C=O) groups excluding carboxylic acids is 1. The summed E-state index contributed by atoms with van der Waals surface area (Å²) in [6, 6.07) is 1.79. The summed E-state index contributed by atoms with van der Waals surface area (Å²) in [6.45, 7) is 0.594. The molecule has 1 aromatic carbocycles. The first-order valence-corrected chi connectivity index (χ1v) is 6.36. The minimum absolute atomic E-state index is 0.0613. The van der Waals surface area contributed by atoms with Crippen molar-refractivity contribution in [3.8, 4) is 0 Å². The summed E-state index contributed by atoms with van der Waals surface area (Å²) in [5.41, 5.74) is 0.0613. The lowest BCUT2D eigenvalue weighted by molar-refractivity contribution is 0.0665. The third kappa shape index (κ3) is 2.68. The molecule has 1 aliphatic rings. The highest BCUT2D eigenvalue weighted by atomic mass is 79.9. The third-order valence-corrected chi connectivity index (χ3v) is 3.61. The van der Waals surface area contributed by atoms with Crippen LogP contribution < -0.4 is 0 Å². The van der Waals surface area contributed by atoms with Crippen molar-refractivity contribution in [1.82, 2.24) is 4.90 Å². The molecular weight excluding hydrogens is 311 g/mol. The van der Waals surface area contributed by atoms with Crippen molar-refractivity contribution in [1.29, 1.82) is 0 Å². The highest BCUT2D eigenvalue weighted by Gasteiger charge is 2.25. The number of piperidine rings is 1. The van der Waals surface area contributed by atoms with E-state index in [1.807, 2.05) is 0 Å². The van der Waals surface area contributed by atoms with E-state index in [1.54, 1.807) is 0 Å². The Hall–Kier alpha value is -1.04. The fourth-order valence-corrected chi connectivity index (χ4v) is 2.39. The Morgan fingerprint density at radius 2 is 1.78 bits per heavy atom. The van der Waals surface area contributed by atoms with Crippen LogP contribution >= 0.6 is 15.9 Å². The van der Waals surface area contributed by atoms with Gasteiger partial charge < -0.3 is 4.90 Å². The molecule has 2 rings (SSSR count). The van der Waals surface area contributed by atoms with Gasteiger partial charge in [0.05, 0.1) is 5.56 Å². The lowest BCUT2D eigenvalue weighted by atomic mass is 10.1. The van der Waals surface area contributed by atoms with Gasteiger partial charge in [-0.25, -0.2) is 13.2 Å². The number of rotatable bonds is 1. The van der Waals surface area contributed by atoms with E-state index in [4.69, 9.17) is 0 Å². The van der Waals surface area contributed by atoms with Crippen LogP contribution in [0.5, 0.6) is 0 Å². The molecule has 0 N–H and O–H groups in total. The molecule has 0 aliphatic carbocycles. The predicted molar refractivity (Wildman–Crippen MR) is 64.1 cm³/mol. The Kier molecular flexibility index (Phi) is 3.94. The Morgan fingerprint density at radius 1 is 1.22 bits per heavy atom. The normalized spacial score (nSPS) is 17.0. The molecule has 6 heteroatoms. The average molecular weight is 322 g/mol. The summed E-state index contributed by atoms with van der Waals surface area (Å²) in [4.78, 5) is 13.5. The van der Waals surface area contributed by atoms with Crippen molar-refractivity contribution in [2.45, 2.75) is 19.0 Å². The van der Waals surface area contributed by atoms with Crippen molar-refractivity contribution < 1.29 is 18.0 Å². The molecule has 1 heterocycles. The number of amides is 1. The van der Waals surface area contributed by atoms with Crippen LogP contribution in [0, 0.1) is 11.6 Å². The first-order chi connectivity index (χ1) is 8.49. The van der Waals surface area contributed by atoms with Gasteiger partial charge in [0.25, 0.3) is 5.91 Å². The van der Waals surface area contributed by atoms with Gasteiger partial charge in [0.1, 0.15) is 6.17 Å². The van der Waals surface area contributed by atoms with E-state index in [2.05, 4.69) is 15.9 Å². The molecule has 1 fully saturated rings. The first-order valence-electron chi connectivity index (χ1n) is 5.57. The van der Waals surface area contributed by atoms with Gasteiger partial charge in [0.2, 0.25) is 0 Å². The summed E-state index contributed by atoms with van der Waals surface area (Å²) in [5, 5.41) is 0. The molecule has 0 radical (unpaired) electrons. The number of likely N-dealkylation sites (tertiary alicyclic amines) is 1. The lowest BCUT2D eigenvalue weighted by Gasteiger charge is -2.29. The van der Waals surface area contributed by atoms with Crippen LogP contribution in [0.3, 0.4) is 0 Å². The molecule has 1 aliphatic heterocycles. The molecule has 18 heavy (non-hydrogen) atoms. The molecule has 98 valence electrons. The SMILES string of the molecule is O=C(c1cc(F)c(F)cc1Br)N1CCC(F)CC1. The van der Waals surface area contributed by atoms with E-state index in [9.17, 15) is 18.0 Å². The van der Waals surface area contributed by atoms with Gasteiger partial charge in [-0.15, -0.1) is 0 Å². The van der Waals surface area contributed by atoms with Gasteiger partial charge in [-0.2, -0.15) is 0 Å². The third-order valence-electron chi connectivity index (χ3n) is 2.95. The second-order valence-corrected chi connectivity index (χ2v) is 5.07. The van der Waals surface area contributed by atoms with E-state index in [1.165, 1.54) is 4.90 Å². The zero-order chi connectivity index (χ0) is 13.3. The molecule has 1 aromatic rings. The Morgan fingerprint density at radius 3 is 2.39 bits per heavy atom. The second kappa shape index (κ2) is 5.30. The highest BCUT2D eigenvalue weighted by molar-refractivity contribution is 9.10. The van der Waals surface area contributed by atoms with Crippen molar-refractivity contribution in [3.63, 3.8) is 0 Å². The van der Waals surface area contributed by atoms with Crippen LogP contribution in [-0.4, -0.2) is 30.1 Å². The van der Waals surface area contributed by atoms with Crippen molar-refractivity contribution >= 4 is 21.8 Å². The zero-order valence-corrected chi connectivity index (χ0v) is 11.0. The maximum Gasteiger partial charge on any atom is 0.255 e. The van der Waals surface area contributed by atoms with Crippen molar-refractivity contribution in [3.05, 3.63) is 33.8 Å². The second-order valence-electron chi connectivity index (χ2n) is 4.21. The molecule has 0 aromatic heterocycles.